The van der Waals surface area contributed by atoms with Crippen molar-refractivity contribution in [2.24, 2.45) is 0 Å². The van der Waals surface area contributed by atoms with E-state index < -0.39 is 0 Å². The van der Waals surface area contributed by atoms with Crippen molar-refractivity contribution in [3.63, 3.8) is 0 Å². The summed E-state index contributed by atoms with van der Waals surface area (Å²) >= 11 is 1.63. The number of carbonyl (C=O) groups excluding carboxylic acids is 1. The lowest BCUT2D eigenvalue weighted by molar-refractivity contribution is 0.0908. The van der Waals surface area contributed by atoms with Crippen LogP contribution in [-0.4, -0.2) is 47.8 Å². The number of nitrogens with one attached hydrogen (secondary N) is 1. The first-order valence-corrected chi connectivity index (χ1v) is 10.5. The van der Waals surface area contributed by atoms with Crippen molar-refractivity contribution in [2.75, 3.05) is 26.0 Å². The van der Waals surface area contributed by atoms with Crippen LogP contribution in [0.4, 0.5) is 4.39 Å². The smallest absolute Gasteiger partial charge is 0.251 e. The molecular weight excluding hydrogens is 377 g/mol. The van der Waals surface area contributed by atoms with Crippen molar-refractivity contribution in [3.8, 4) is 5.75 Å². The first-order chi connectivity index (χ1) is 13.6. The standard InChI is InChI=1S/C21H26FN3O2S/c1-3-28-20-13-16(6-9-23-20)21(26)24-17-7-10-25(11-8-17)14-15-4-5-19(27-2)18(22)12-15/h4-6,9,12-13,17H,3,7-8,10-11,14H2,1-2H3,(H,24,26). The van der Waals surface area contributed by atoms with Crippen LogP contribution in [0.3, 0.4) is 0 Å². The monoisotopic (exact) mass is 403 g/mol. The van der Waals surface area contributed by atoms with Gasteiger partial charge >= 0.3 is 0 Å². The van der Waals surface area contributed by atoms with Gasteiger partial charge in [0.25, 0.3) is 5.91 Å². The van der Waals surface area contributed by atoms with Crippen molar-refractivity contribution in [1.29, 1.82) is 0 Å². The van der Waals surface area contributed by atoms with Gasteiger partial charge in [-0.2, -0.15) is 0 Å². The van der Waals surface area contributed by atoms with Crippen LogP contribution in [0, 0.1) is 5.82 Å². The van der Waals surface area contributed by atoms with Gasteiger partial charge in [0.15, 0.2) is 11.6 Å². The number of rotatable bonds is 7. The largest absolute Gasteiger partial charge is 0.494 e. The fourth-order valence-electron chi connectivity index (χ4n) is 3.35. The van der Waals surface area contributed by atoms with Crippen molar-refractivity contribution < 1.29 is 13.9 Å². The van der Waals surface area contributed by atoms with E-state index in [9.17, 15) is 9.18 Å². The molecule has 0 saturated carbocycles. The highest BCUT2D eigenvalue weighted by Crippen LogP contribution is 2.21. The van der Waals surface area contributed by atoms with Crippen molar-refractivity contribution in [3.05, 3.63) is 53.5 Å². The van der Waals surface area contributed by atoms with Crippen LogP contribution < -0.4 is 10.1 Å². The predicted octanol–water partition coefficient (Wildman–Crippen LogP) is 3.74. The van der Waals surface area contributed by atoms with Gasteiger partial charge in [-0.05, 0) is 48.4 Å². The van der Waals surface area contributed by atoms with Gasteiger partial charge in [0.2, 0.25) is 0 Å². The molecule has 28 heavy (non-hydrogen) atoms. The summed E-state index contributed by atoms with van der Waals surface area (Å²) in [4.78, 5) is 19.1. The van der Waals surface area contributed by atoms with Gasteiger partial charge in [-0.1, -0.05) is 13.0 Å². The molecule has 0 unspecified atom stereocenters. The summed E-state index contributed by atoms with van der Waals surface area (Å²) in [5.41, 5.74) is 1.58. The summed E-state index contributed by atoms with van der Waals surface area (Å²) in [5.74, 6) is 0.812. The summed E-state index contributed by atoms with van der Waals surface area (Å²) in [5, 5.41) is 4.01. The van der Waals surface area contributed by atoms with Crippen LogP contribution in [0.5, 0.6) is 5.75 Å². The molecule has 150 valence electrons. The molecular formula is C21H26FN3O2S. The molecule has 0 spiro atoms. The van der Waals surface area contributed by atoms with E-state index >= 15 is 0 Å². The molecule has 1 N–H and O–H groups in total. The number of nitrogens with zero attached hydrogens (tertiary/aromatic N) is 2. The average Bonchev–Trinajstić information content (AvgIpc) is 2.70. The maximum absolute atomic E-state index is 13.9. The molecule has 7 heteroatoms. The van der Waals surface area contributed by atoms with E-state index in [2.05, 4.69) is 22.1 Å². The van der Waals surface area contributed by atoms with Crippen molar-refractivity contribution in [1.82, 2.24) is 15.2 Å². The second-order valence-corrected chi connectivity index (χ2v) is 8.09. The van der Waals surface area contributed by atoms with Crippen LogP contribution in [0.1, 0.15) is 35.7 Å². The fraction of sp³-hybridized carbons (Fsp3) is 0.429. The number of carbonyl (C=O) groups is 1. The molecule has 2 heterocycles. The molecule has 0 atom stereocenters. The molecule has 2 aromatic rings. The highest BCUT2D eigenvalue weighted by Gasteiger charge is 2.21. The SMILES string of the molecule is CCSc1cc(C(=O)NC2CCN(Cc3ccc(OC)c(F)c3)CC2)ccn1. The summed E-state index contributed by atoms with van der Waals surface area (Å²) < 4.78 is 18.8. The number of benzene rings is 1. The minimum absolute atomic E-state index is 0.0453. The highest BCUT2D eigenvalue weighted by atomic mass is 32.2. The number of thioether (sulfide) groups is 1. The molecule has 0 aliphatic carbocycles. The molecule has 5 nitrogen and oxygen atoms in total. The Morgan fingerprint density at radius 3 is 2.79 bits per heavy atom. The number of hydrogen-bond donors (Lipinski definition) is 1. The lowest BCUT2D eigenvalue weighted by Crippen LogP contribution is -2.44. The molecule has 1 aromatic heterocycles. The molecule has 1 aromatic carbocycles. The molecule has 1 amide bonds. The second-order valence-electron chi connectivity index (χ2n) is 6.81. The van der Waals surface area contributed by atoms with Gasteiger partial charge in [-0.25, -0.2) is 9.37 Å². The molecule has 1 aliphatic rings. The lowest BCUT2D eigenvalue weighted by atomic mass is 10.0. The Kier molecular flexibility index (Phi) is 7.28. The van der Waals surface area contributed by atoms with Gasteiger partial charge in [0.05, 0.1) is 12.1 Å². The first kappa shape index (κ1) is 20.6. The topological polar surface area (TPSA) is 54.5 Å². The maximum atomic E-state index is 13.9. The number of hydrogen-bond acceptors (Lipinski definition) is 5. The van der Waals surface area contributed by atoms with E-state index in [4.69, 9.17) is 4.74 Å². The number of methoxy groups -OCH3 is 1. The normalized spacial score (nSPS) is 15.4. The van der Waals surface area contributed by atoms with E-state index in [1.165, 1.54) is 13.2 Å². The Labute approximate surface area is 169 Å². The number of likely N-dealkylation sites (tertiary alicyclic amines) is 1. The Balaban J connectivity index is 1.49. The van der Waals surface area contributed by atoms with Gasteiger partial charge in [-0.15, -0.1) is 11.8 Å². The van der Waals surface area contributed by atoms with E-state index in [-0.39, 0.29) is 23.5 Å². The predicted molar refractivity (Wildman–Crippen MR) is 109 cm³/mol. The average molecular weight is 404 g/mol. The summed E-state index contributed by atoms with van der Waals surface area (Å²) in [7, 11) is 1.46. The Morgan fingerprint density at radius 1 is 1.32 bits per heavy atom. The summed E-state index contributed by atoms with van der Waals surface area (Å²) in [6, 6.07) is 8.84. The number of pyridine rings is 1. The third-order valence-corrected chi connectivity index (χ3v) is 5.64. The summed E-state index contributed by atoms with van der Waals surface area (Å²) in [6.45, 7) is 4.49. The quantitative estimate of drug-likeness (QED) is 0.714. The van der Waals surface area contributed by atoms with Gasteiger partial charge in [0.1, 0.15) is 0 Å². The molecule has 1 aliphatic heterocycles. The van der Waals surface area contributed by atoms with Gasteiger partial charge in [-0.3, -0.25) is 9.69 Å². The Morgan fingerprint density at radius 2 is 2.11 bits per heavy atom. The molecule has 0 bridgehead atoms. The van der Waals surface area contributed by atoms with Crippen molar-refractivity contribution >= 4 is 17.7 Å². The second kappa shape index (κ2) is 9.89. The minimum atomic E-state index is -0.333. The Hall–Kier alpha value is -2.12. The Bertz CT molecular complexity index is 810. The van der Waals surface area contributed by atoms with Gasteiger partial charge in [0, 0.05) is 37.4 Å². The third-order valence-electron chi connectivity index (χ3n) is 4.83. The molecule has 1 fully saturated rings. The molecule has 0 radical (unpaired) electrons. The van der Waals surface area contributed by atoms with Crippen LogP contribution >= 0.6 is 11.8 Å². The maximum Gasteiger partial charge on any atom is 0.251 e. The van der Waals surface area contributed by atoms with Gasteiger partial charge < -0.3 is 10.1 Å². The third kappa shape index (κ3) is 5.45. The molecule has 3 rings (SSSR count). The number of ether oxygens (including phenoxy) is 1. The summed E-state index contributed by atoms with van der Waals surface area (Å²) in [6.07, 6.45) is 3.45. The highest BCUT2D eigenvalue weighted by molar-refractivity contribution is 7.99. The van der Waals surface area contributed by atoms with Crippen LogP contribution in [0.25, 0.3) is 0 Å². The van der Waals surface area contributed by atoms with E-state index in [0.717, 1.165) is 42.3 Å². The lowest BCUT2D eigenvalue weighted by Gasteiger charge is -2.32. The minimum Gasteiger partial charge on any atom is -0.494 e. The number of aromatic nitrogens is 1. The zero-order valence-corrected chi connectivity index (χ0v) is 17.1. The zero-order valence-electron chi connectivity index (χ0n) is 16.3. The molecule has 1 saturated heterocycles. The van der Waals surface area contributed by atoms with Crippen LogP contribution in [0.15, 0.2) is 41.6 Å². The van der Waals surface area contributed by atoms with E-state index in [1.54, 1.807) is 30.1 Å². The number of halogens is 1. The van der Waals surface area contributed by atoms with Crippen LogP contribution in [-0.2, 0) is 6.54 Å². The first-order valence-electron chi connectivity index (χ1n) is 9.53. The number of piperidine rings is 1. The van der Waals surface area contributed by atoms with Crippen molar-refractivity contribution in [2.45, 2.75) is 37.4 Å². The van der Waals surface area contributed by atoms with E-state index in [0.29, 0.717) is 12.1 Å². The zero-order chi connectivity index (χ0) is 19.9. The van der Waals surface area contributed by atoms with Crippen LogP contribution in [0.2, 0.25) is 0 Å². The fourth-order valence-corrected chi connectivity index (χ4v) is 3.99. The van der Waals surface area contributed by atoms with E-state index in [1.807, 2.05) is 12.1 Å². The number of amides is 1.